The lowest BCUT2D eigenvalue weighted by Crippen LogP contribution is -2.29. The van der Waals surface area contributed by atoms with Crippen molar-refractivity contribution in [3.8, 4) is 0 Å². The number of rotatable bonds is 6. The van der Waals surface area contributed by atoms with Crippen molar-refractivity contribution in [2.24, 2.45) is 7.05 Å². The first kappa shape index (κ1) is 30.1. The van der Waals surface area contributed by atoms with Crippen molar-refractivity contribution in [1.29, 1.82) is 0 Å². The number of likely N-dealkylation sites (N-methyl/N-ethyl adjacent to an activating group) is 1. The maximum Gasteiger partial charge on any atom is 0.320 e. The second-order valence-electron chi connectivity index (χ2n) is 10.8. The Labute approximate surface area is 245 Å². The van der Waals surface area contributed by atoms with Crippen molar-refractivity contribution in [1.82, 2.24) is 29.0 Å². The summed E-state index contributed by atoms with van der Waals surface area (Å²) in [4.78, 5) is 54.5. The van der Waals surface area contributed by atoms with Gasteiger partial charge < -0.3 is 19.6 Å². The number of para-hydroxylation sites is 1. The molecule has 10 nitrogen and oxygen atoms in total. The lowest BCUT2D eigenvalue weighted by Gasteiger charge is -2.16. The molecule has 3 aromatic carbocycles. The number of nitrogens with zero attached hydrogens (tertiary/aromatic N) is 6. The van der Waals surface area contributed by atoms with E-state index in [1.165, 1.54) is 0 Å². The SMILES string of the molecule is CN(C)C(=O)c1ccc(CN2CCN(C)C2=O)cc1.CN(C)C(=O)c1ccc(Cn2c(=O)c3ccccc3n2C)cc1. The number of benzene rings is 3. The van der Waals surface area contributed by atoms with Crippen LogP contribution < -0.4 is 5.56 Å². The number of aryl methyl sites for hydroxylation is 1. The fraction of sp³-hybridized carbons (Fsp3) is 0.312. The number of urea groups is 1. The van der Waals surface area contributed by atoms with Crippen LogP contribution in [0.3, 0.4) is 0 Å². The van der Waals surface area contributed by atoms with Crippen molar-refractivity contribution in [3.63, 3.8) is 0 Å². The molecule has 0 bridgehead atoms. The Kier molecular flexibility index (Phi) is 9.15. The summed E-state index contributed by atoms with van der Waals surface area (Å²) < 4.78 is 3.57. The summed E-state index contributed by atoms with van der Waals surface area (Å²) in [6.45, 7) is 2.60. The minimum atomic E-state index is -0.0293. The molecule has 0 aliphatic carbocycles. The van der Waals surface area contributed by atoms with Crippen molar-refractivity contribution in [3.05, 3.63) is 105 Å². The normalized spacial score (nSPS) is 12.8. The minimum Gasteiger partial charge on any atom is -0.345 e. The van der Waals surface area contributed by atoms with Crippen molar-refractivity contribution < 1.29 is 14.4 Å². The van der Waals surface area contributed by atoms with Gasteiger partial charge in [-0.2, -0.15) is 0 Å². The van der Waals surface area contributed by atoms with Gasteiger partial charge in [-0.15, -0.1) is 0 Å². The van der Waals surface area contributed by atoms with Gasteiger partial charge in [-0.1, -0.05) is 36.4 Å². The van der Waals surface area contributed by atoms with Gasteiger partial charge in [-0.25, -0.2) is 9.48 Å². The van der Waals surface area contributed by atoms with Gasteiger partial charge >= 0.3 is 6.03 Å². The molecule has 0 atom stereocenters. The van der Waals surface area contributed by atoms with E-state index in [0.717, 1.165) is 35.1 Å². The van der Waals surface area contributed by atoms with Crippen molar-refractivity contribution in [2.75, 3.05) is 48.3 Å². The summed E-state index contributed by atoms with van der Waals surface area (Å²) >= 11 is 0. The molecule has 220 valence electrons. The average molecular weight is 571 g/mol. The molecule has 4 amide bonds. The molecule has 1 saturated heterocycles. The molecule has 1 aliphatic rings. The quantitative estimate of drug-likeness (QED) is 0.356. The molecule has 0 unspecified atom stereocenters. The number of carbonyl (C=O) groups is 3. The van der Waals surface area contributed by atoms with Gasteiger partial charge in [-0.3, -0.25) is 19.1 Å². The zero-order valence-electron chi connectivity index (χ0n) is 25.1. The molecule has 0 radical (unpaired) electrons. The molecule has 0 saturated carbocycles. The number of carbonyl (C=O) groups excluding carboxylic acids is 3. The first-order valence-electron chi connectivity index (χ1n) is 13.7. The predicted molar refractivity (Wildman–Crippen MR) is 164 cm³/mol. The lowest BCUT2D eigenvalue weighted by molar-refractivity contribution is 0.0820. The second kappa shape index (κ2) is 12.8. The number of fused-ring (bicyclic) bond motifs is 1. The highest BCUT2D eigenvalue weighted by Crippen LogP contribution is 2.14. The first-order chi connectivity index (χ1) is 20.0. The largest absolute Gasteiger partial charge is 0.345 e. The third-order valence-electron chi connectivity index (χ3n) is 7.30. The molecule has 1 aliphatic heterocycles. The minimum absolute atomic E-state index is 0.00320. The van der Waals surface area contributed by atoms with Gasteiger partial charge in [-0.05, 0) is 47.5 Å². The highest BCUT2D eigenvalue weighted by atomic mass is 16.2. The van der Waals surface area contributed by atoms with Crippen LogP contribution in [0.25, 0.3) is 10.9 Å². The highest BCUT2D eigenvalue weighted by molar-refractivity contribution is 5.94. The number of hydrogen-bond donors (Lipinski definition) is 0. The van der Waals surface area contributed by atoms with E-state index in [1.54, 1.807) is 66.8 Å². The van der Waals surface area contributed by atoms with E-state index < -0.39 is 0 Å². The summed E-state index contributed by atoms with van der Waals surface area (Å²) in [6, 6.07) is 22.4. The van der Waals surface area contributed by atoms with Crippen LogP contribution in [0.1, 0.15) is 31.8 Å². The summed E-state index contributed by atoms with van der Waals surface area (Å²) in [7, 11) is 10.6. The van der Waals surface area contributed by atoms with Crippen LogP contribution in [-0.4, -0.2) is 95.1 Å². The Morgan fingerprint density at radius 3 is 1.64 bits per heavy atom. The van der Waals surface area contributed by atoms with Gasteiger partial charge in [0.2, 0.25) is 0 Å². The molecule has 4 aromatic rings. The Morgan fingerprint density at radius 1 is 0.690 bits per heavy atom. The smallest absolute Gasteiger partial charge is 0.320 e. The molecule has 42 heavy (non-hydrogen) atoms. The van der Waals surface area contributed by atoms with Crippen molar-refractivity contribution in [2.45, 2.75) is 13.1 Å². The third-order valence-corrected chi connectivity index (χ3v) is 7.30. The lowest BCUT2D eigenvalue weighted by atomic mass is 10.1. The summed E-state index contributed by atoms with van der Waals surface area (Å²) in [6.07, 6.45) is 0. The maximum absolute atomic E-state index is 12.5. The summed E-state index contributed by atoms with van der Waals surface area (Å²) in [5, 5.41) is 0.717. The Bertz CT molecular complexity index is 1630. The zero-order valence-corrected chi connectivity index (χ0v) is 25.1. The molecule has 1 fully saturated rings. The topological polar surface area (TPSA) is 91.1 Å². The van der Waals surface area contributed by atoms with Gasteiger partial charge in [0.25, 0.3) is 17.4 Å². The monoisotopic (exact) mass is 570 g/mol. The first-order valence-corrected chi connectivity index (χ1v) is 13.7. The van der Waals surface area contributed by atoms with Crippen LogP contribution in [0.15, 0.2) is 77.6 Å². The Balaban J connectivity index is 0.000000197. The van der Waals surface area contributed by atoms with E-state index in [4.69, 9.17) is 0 Å². The van der Waals surface area contributed by atoms with E-state index >= 15 is 0 Å². The molecular formula is C32H38N6O4. The molecular weight excluding hydrogens is 532 g/mol. The Hall–Kier alpha value is -4.86. The van der Waals surface area contributed by atoms with Crippen molar-refractivity contribution >= 4 is 28.7 Å². The van der Waals surface area contributed by atoms with E-state index in [2.05, 4.69) is 0 Å². The highest BCUT2D eigenvalue weighted by Gasteiger charge is 2.25. The van der Waals surface area contributed by atoms with Crippen LogP contribution in [0.4, 0.5) is 4.79 Å². The molecule has 1 aromatic heterocycles. The molecule has 5 rings (SSSR count). The number of aromatic nitrogens is 2. The van der Waals surface area contributed by atoms with E-state index in [9.17, 15) is 19.2 Å². The number of hydrogen-bond acceptors (Lipinski definition) is 4. The maximum atomic E-state index is 12.5. The molecule has 0 spiro atoms. The standard InChI is InChI=1S/C18H19N3O2.C14H19N3O2/c1-19(2)17(22)14-10-8-13(9-11-14)12-21-18(23)15-6-4-5-7-16(15)20(21)3;1-15(2)13(18)12-6-4-11(5-7-12)10-17-9-8-16(3)14(17)19/h4-11H,12H2,1-3H3;4-7H,8-10H2,1-3H3. The summed E-state index contributed by atoms with van der Waals surface area (Å²) in [5.41, 5.74) is 4.24. The molecule has 10 heteroatoms. The fourth-order valence-electron chi connectivity index (χ4n) is 4.79. The van der Waals surface area contributed by atoms with Crippen LogP contribution in [0.2, 0.25) is 0 Å². The van der Waals surface area contributed by atoms with Crippen LogP contribution in [0.5, 0.6) is 0 Å². The average Bonchev–Trinajstić information content (AvgIpc) is 3.43. The summed E-state index contributed by atoms with van der Waals surface area (Å²) in [5.74, 6) is -0.0399. The van der Waals surface area contributed by atoms with Gasteiger partial charge in [0.15, 0.2) is 0 Å². The van der Waals surface area contributed by atoms with Crippen LogP contribution in [0, 0.1) is 0 Å². The van der Waals surface area contributed by atoms with E-state index in [-0.39, 0.29) is 23.4 Å². The van der Waals surface area contributed by atoms with E-state index in [0.29, 0.717) is 24.2 Å². The molecule has 0 N–H and O–H groups in total. The van der Waals surface area contributed by atoms with Gasteiger partial charge in [0.1, 0.15) is 0 Å². The fourth-order valence-corrected chi connectivity index (χ4v) is 4.79. The number of amides is 4. The van der Waals surface area contributed by atoms with E-state index in [1.807, 2.05) is 77.3 Å². The predicted octanol–water partition coefficient (Wildman–Crippen LogP) is 3.35. The third kappa shape index (κ3) is 6.54. The second-order valence-corrected chi connectivity index (χ2v) is 10.8. The Morgan fingerprint density at radius 2 is 1.19 bits per heavy atom. The van der Waals surface area contributed by atoms with Crippen LogP contribution >= 0.6 is 0 Å². The van der Waals surface area contributed by atoms with Crippen LogP contribution in [-0.2, 0) is 20.1 Å². The van der Waals surface area contributed by atoms with Gasteiger partial charge in [0.05, 0.1) is 17.4 Å². The zero-order chi connectivity index (χ0) is 30.6. The van der Waals surface area contributed by atoms with Gasteiger partial charge in [0, 0.05) is 73.0 Å². The molecule has 2 heterocycles.